The number of fused-ring (bicyclic) bond motifs is 1. The highest BCUT2D eigenvalue weighted by Crippen LogP contribution is 2.28. The summed E-state index contributed by atoms with van der Waals surface area (Å²) in [5, 5.41) is 6.61. The van der Waals surface area contributed by atoms with Gasteiger partial charge in [0.15, 0.2) is 0 Å². The number of anilines is 1. The van der Waals surface area contributed by atoms with Crippen LogP contribution >= 0.6 is 0 Å². The van der Waals surface area contributed by atoms with Gasteiger partial charge in [-0.3, -0.25) is 4.79 Å². The quantitative estimate of drug-likeness (QED) is 0.874. The monoisotopic (exact) mass is 260 g/mol. The van der Waals surface area contributed by atoms with Gasteiger partial charge in [0.05, 0.1) is 5.92 Å². The van der Waals surface area contributed by atoms with Gasteiger partial charge in [-0.05, 0) is 37.8 Å². The van der Waals surface area contributed by atoms with Crippen LogP contribution in [0.15, 0.2) is 24.3 Å². The minimum absolute atomic E-state index is 0.0236. The summed E-state index contributed by atoms with van der Waals surface area (Å²) in [4.78, 5) is 12.4. The van der Waals surface area contributed by atoms with Crippen LogP contribution in [0.4, 0.5) is 5.69 Å². The average molecular weight is 260 g/mol. The van der Waals surface area contributed by atoms with Crippen molar-refractivity contribution in [1.29, 1.82) is 0 Å². The first-order chi connectivity index (χ1) is 9.15. The lowest BCUT2D eigenvalue weighted by atomic mass is 9.87. The first kappa shape index (κ1) is 13.9. The van der Waals surface area contributed by atoms with Gasteiger partial charge in [0.1, 0.15) is 0 Å². The summed E-state index contributed by atoms with van der Waals surface area (Å²) in [6.07, 6.45) is 2.82. The fraction of sp³-hybridized carbons (Fsp3) is 0.562. The second-order valence-corrected chi connectivity index (χ2v) is 5.42. The van der Waals surface area contributed by atoms with Crippen LogP contribution in [0.1, 0.15) is 39.2 Å². The summed E-state index contributed by atoms with van der Waals surface area (Å²) in [7, 11) is 0. The Morgan fingerprint density at radius 3 is 2.74 bits per heavy atom. The number of carbonyl (C=O) groups excluding carboxylic acids is 1. The first-order valence-electron chi connectivity index (χ1n) is 7.30. The lowest BCUT2D eigenvalue weighted by Gasteiger charge is -2.32. The Balaban J connectivity index is 2.07. The molecule has 2 rings (SSSR count). The summed E-state index contributed by atoms with van der Waals surface area (Å²) >= 11 is 0. The van der Waals surface area contributed by atoms with Crippen LogP contribution in [0.3, 0.4) is 0 Å². The lowest BCUT2D eigenvalue weighted by Crippen LogP contribution is -2.46. The van der Waals surface area contributed by atoms with Crippen molar-refractivity contribution in [3.05, 3.63) is 29.8 Å². The number of hydrogen-bond donors (Lipinski definition) is 2. The molecule has 0 bridgehead atoms. The van der Waals surface area contributed by atoms with Gasteiger partial charge in [0, 0.05) is 17.8 Å². The second kappa shape index (κ2) is 6.09. The van der Waals surface area contributed by atoms with Crippen LogP contribution in [0, 0.1) is 5.92 Å². The van der Waals surface area contributed by atoms with Crippen molar-refractivity contribution >= 4 is 11.6 Å². The van der Waals surface area contributed by atoms with E-state index in [0.717, 1.165) is 19.3 Å². The van der Waals surface area contributed by atoms with Crippen LogP contribution in [-0.2, 0) is 11.2 Å². The number of carbonyl (C=O) groups is 1. The number of rotatable bonds is 4. The number of nitrogens with one attached hydrogen (secondary N) is 2. The van der Waals surface area contributed by atoms with Crippen molar-refractivity contribution in [2.24, 2.45) is 5.92 Å². The summed E-state index contributed by atoms with van der Waals surface area (Å²) in [6, 6.07) is 8.74. The highest BCUT2D eigenvalue weighted by Gasteiger charge is 2.30. The summed E-state index contributed by atoms with van der Waals surface area (Å²) in [6.45, 7) is 6.33. The largest absolute Gasteiger partial charge is 0.382 e. The minimum Gasteiger partial charge on any atom is -0.382 e. The van der Waals surface area contributed by atoms with E-state index in [1.165, 1.54) is 11.3 Å². The van der Waals surface area contributed by atoms with Crippen molar-refractivity contribution in [1.82, 2.24) is 5.32 Å². The molecule has 0 aromatic heterocycles. The molecule has 0 spiro atoms. The molecule has 19 heavy (non-hydrogen) atoms. The van der Waals surface area contributed by atoms with Gasteiger partial charge in [-0.15, -0.1) is 0 Å². The fourth-order valence-corrected chi connectivity index (χ4v) is 2.72. The van der Waals surface area contributed by atoms with Crippen LogP contribution in [0.2, 0.25) is 0 Å². The average Bonchev–Trinajstić information content (AvgIpc) is 2.43. The zero-order valence-electron chi connectivity index (χ0n) is 12.1. The van der Waals surface area contributed by atoms with E-state index in [0.29, 0.717) is 6.04 Å². The molecule has 0 fully saturated rings. The molecule has 0 radical (unpaired) electrons. The molecule has 1 amide bonds. The minimum atomic E-state index is 0.0236. The van der Waals surface area contributed by atoms with Crippen molar-refractivity contribution in [2.75, 3.05) is 5.32 Å². The molecule has 0 saturated carbocycles. The molecule has 0 aliphatic carbocycles. The van der Waals surface area contributed by atoms with Crippen molar-refractivity contribution in [2.45, 2.75) is 52.1 Å². The predicted octanol–water partition coefficient (Wildman–Crippen LogP) is 2.96. The SMILES string of the molecule is CCC(CC)NC(=O)C1Cc2ccccc2NC1C. The molecule has 3 heteroatoms. The maximum absolute atomic E-state index is 12.4. The van der Waals surface area contributed by atoms with Crippen molar-refractivity contribution < 1.29 is 4.79 Å². The van der Waals surface area contributed by atoms with Crippen molar-refractivity contribution in [3.63, 3.8) is 0 Å². The summed E-state index contributed by atoms with van der Waals surface area (Å²) in [5.74, 6) is 0.207. The molecule has 1 aromatic carbocycles. The Bertz CT molecular complexity index is 440. The predicted molar refractivity (Wildman–Crippen MR) is 79.2 cm³/mol. The molecule has 1 heterocycles. The third-order valence-corrected chi connectivity index (χ3v) is 4.11. The number of amides is 1. The maximum Gasteiger partial charge on any atom is 0.225 e. The van der Waals surface area contributed by atoms with Crippen LogP contribution < -0.4 is 10.6 Å². The second-order valence-electron chi connectivity index (χ2n) is 5.42. The van der Waals surface area contributed by atoms with Gasteiger partial charge in [0.2, 0.25) is 5.91 Å². The highest BCUT2D eigenvalue weighted by atomic mass is 16.2. The molecule has 1 aliphatic rings. The standard InChI is InChI=1S/C16H24N2O/c1-4-13(5-2)18-16(19)14-10-12-8-6-7-9-15(12)17-11(14)3/h6-9,11,13-14,17H,4-5,10H2,1-3H3,(H,18,19). The van der Waals surface area contributed by atoms with E-state index in [4.69, 9.17) is 0 Å². The molecule has 3 nitrogen and oxygen atoms in total. The molecule has 0 saturated heterocycles. The zero-order valence-corrected chi connectivity index (χ0v) is 12.1. The normalized spacial score (nSPS) is 21.7. The topological polar surface area (TPSA) is 41.1 Å². The van der Waals surface area contributed by atoms with Gasteiger partial charge in [-0.1, -0.05) is 32.0 Å². The Morgan fingerprint density at radius 2 is 2.05 bits per heavy atom. The van der Waals surface area contributed by atoms with Crippen LogP contribution in [0.5, 0.6) is 0 Å². The molecule has 2 N–H and O–H groups in total. The van der Waals surface area contributed by atoms with Crippen LogP contribution in [-0.4, -0.2) is 18.0 Å². The van der Waals surface area contributed by atoms with Gasteiger partial charge >= 0.3 is 0 Å². The third-order valence-electron chi connectivity index (χ3n) is 4.11. The van der Waals surface area contributed by atoms with Gasteiger partial charge in [-0.25, -0.2) is 0 Å². The molecular weight excluding hydrogens is 236 g/mol. The fourth-order valence-electron chi connectivity index (χ4n) is 2.72. The van der Waals surface area contributed by atoms with E-state index in [2.05, 4.69) is 43.5 Å². The molecule has 2 unspecified atom stereocenters. The van der Waals surface area contributed by atoms with E-state index in [-0.39, 0.29) is 17.9 Å². The Kier molecular flexibility index (Phi) is 4.46. The smallest absolute Gasteiger partial charge is 0.225 e. The van der Waals surface area contributed by atoms with E-state index < -0.39 is 0 Å². The van der Waals surface area contributed by atoms with Crippen molar-refractivity contribution in [3.8, 4) is 0 Å². The third kappa shape index (κ3) is 3.09. The number of hydrogen-bond acceptors (Lipinski definition) is 2. The van der Waals surface area contributed by atoms with Gasteiger partial charge in [0.25, 0.3) is 0 Å². The van der Waals surface area contributed by atoms with Crippen LogP contribution in [0.25, 0.3) is 0 Å². The molecule has 1 aromatic rings. The summed E-state index contributed by atoms with van der Waals surface area (Å²) < 4.78 is 0. The Hall–Kier alpha value is -1.51. The van der Waals surface area contributed by atoms with E-state index in [1.807, 2.05) is 12.1 Å². The van der Waals surface area contributed by atoms with E-state index in [1.54, 1.807) is 0 Å². The Labute approximate surface area is 115 Å². The van der Waals surface area contributed by atoms with Gasteiger partial charge < -0.3 is 10.6 Å². The molecular formula is C16H24N2O. The first-order valence-corrected chi connectivity index (χ1v) is 7.30. The Morgan fingerprint density at radius 1 is 1.37 bits per heavy atom. The van der Waals surface area contributed by atoms with E-state index in [9.17, 15) is 4.79 Å². The summed E-state index contributed by atoms with van der Waals surface area (Å²) in [5.41, 5.74) is 2.41. The molecule has 104 valence electrons. The number of para-hydroxylation sites is 1. The lowest BCUT2D eigenvalue weighted by molar-refractivity contribution is -0.126. The van der Waals surface area contributed by atoms with Gasteiger partial charge in [-0.2, -0.15) is 0 Å². The number of benzene rings is 1. The highest BCUT2D eigenvalue weighted by molar-refractivity contribution is 5.81. The zero-order chi connectivity index (χ0) is 13.8. The van der Waals surface area contributed by atoms with E-state index >= 15 is 0 Å². The molecule has 2 atom stereocenters. The maximum atomic E-state index is 12.4. The molecule has 1 aliphatic heterocycles.